The quantitative estimate of drug-likeness (QED) is 0.929. The summed E-state index contributed by atoms with van der Waals surface area (Å²) in [4.78, 5) is 14.3. The number of likely N-dealkylation sites (tertiary alicyclic amines) is 1. The summed E-state index contributed by atoms with van der Waals surface area (Å²) in [5.74, 6) is 0.902. The minimum atomic E-state index is -0.499. The fraction of sp³-hybridized carbons (Fsp3) is 0.533. The van der Waals surface area contributed by atoms with E-state index in [-0.39, 0.29) is 17.9 Å². The molecule has 1 amide bonds. The van der Waals surface area contributed by atoms with Gasteiger partial charge in [0.1, 0.15) is 0 Å². The van der Waals surface area contributed by atoms with E-state index in [1.807, 2.05) is 30.2 Å². The molecular weight excluding hydrogens is 294 g/mol. The molecule has 3 atom stereocenters. The lowest BCUT2D eigenvalue weighted by molar-refractivity contribution is -0.136. The van der Waals surface area contributed by atoms with Crippen LogP contribution in [0, 0.1) is 5.92 Å². The zero-order valence-corrected chi connectivity index (χ0v) is 13.3. The van der Waals surface area contributed by atoms with Crippen molar-refractivity contribution < 1.29 is 9.90 Å². The molecule has 2 rings (SSSR count). The van der Waals surface area contributed by atoms with E-state index < -0.39 is 6.10 Å². The monoisotopic (exact) mass is 313 g/mol. The van der Waals surface area contributed by atoms with Crippen LogP contribution in [0.4, 0.5) is 0 Å². The van der Waals surface area contributed by atoms with Crippen LogP contribution in [0.3, 0.4) is 0 Å². The minimum absolute atomic E-state index is 0.0231. The van der Waals surface area contributed by atoms with Gasteiger partial charge in [0.2, 0.25) is 5.91 Å². The summed E-state index contributed by atoms with van der Waals surface area (Å²) < 4.78 is 0. The van der Waals surface area contributed by atoms with Gasteiger partial charge in [0.25, 0.3) is 0 Å². The van der Waals surface area contributed by atoms with Crippen molar-refractivity contribution in [1.29, 1.82) is 0 Å². The van der Waals surface area contributed by atoms with E-state index in [0.717, 1.165) is 11.3 Å². The summed E-state index contributed by atoms with van der Waals surface area (Å²) in [7, 11) is 0. The first kappa shape index (κ1) is 15.7. The molecule has 0 aliphatic carbocycles. The Balaban J connectivity index is 2.20. The second-order valence-corrected chi connectivity index (χ2v) is 6.59. The molecule has 5 heteroatoms. The summed E-state index contributed by atoms with van der Waals surface area (Å²) in [5, 5.41) is 10.9. The highest BCUT2D eigenvalue weighted by molar-refractivity contribution is 7.98. The third-order valence-corrected chi connectivity index (χ3v) is 4.78. The molecule has 110 valence electrons. The average Bonchev–Trinajstić information content (AvgIpc) is 2.81. The van der Waals surface area contributed by atoms with E-state index in [1.54, 1.807) is 23.9 Å². The normalized spacial score (nSPS) is 23.9. The van der Waals surface area contributed by atoms with Crippen molar-refractivity contribution in [3.63, 3.8) is 0 Å². The number of hydrogen-bond acceptors (Lipinski definition) is 3. The van der Waals surface area contributed by atoms with Crippen LogP contribution >= 0.6 is 23.4 Å². The summed E-state index contributed by atoms with van der Waals surface area (Å²) in [6.45, 7) is 2.56. The van der Waals surface area contributed by atoms with Gasteiger partial charge in [-0.25, -0.2) is 0 Å². The Bertz CT molecular complexity index is 465. The van der Waals surface area contributed by atoms with Crippen LogP contribution in [0.2, 0.25) is 5.02 Å². The van der Waals surface area contributed by atoms with Gasteiger partial charge in [0, 0.05) is 23.2 Å². The number of carbonyl (C=O) groups is 1. The molecule has 1 aliphatic heterocycles. The number of benzene rings is 1. The molecule has 1 fully saturated rings. The largest absolute Gasteiger partial charge is 0.391 e. The highest BCUT2D eigenvalue weighted by atomic mass is 35.5. The number of rotatable bonds is 4. The molecule has 1 saturated heterocycles. The lowest BCUT2D eigenvalue weighted by Crippen LogP contribution is -2.37. The number of halogens is 1. The van der Waals surface area contributed by atoms with E-state index in [9.17, 15) is 9.90 Å². The molecule has 0 aromatic heterocycles. The smallest absolute Gasteiger partial charge is 0.226 e. The Kier molecular flexibility index (Phi) is 5.35. The number of carbonyl (C=O) groups excluding carboxylic acids is 1. The molecule has 1 aromatic rings. The molecule has 1 aliphatic rings. The van der Waals surface area contributed by atoms with E-state index >= 15 is 0 Å². The van der Waals surface area contributed by atoms with Gasteiger partial charge in [-0.3, -0.25) is 4.79 Å². The lowest BCUT2D eigenvalue weighted by atomic mass is 10.0. The van der Waals surface area contributed by atoms with Gasteiger partial charge >= 0.3 is 0 Å². The molecule has 20 heavy (non-hydrogen) atoms. The topological polar surface area (TPSA) is 40.5 Å². The van der Waals surface area contributed by atoms with Gasteiger partial charge in [0.15, 0.2) is 0 Å². The molecule has 3 nitrogen and oxygen atoms in total. The van der Waals surface area contributed by atoms with Crippen molar-refractivity contribution in [3.8, 4) is 0 Å². The Labute approximate surface area is 129 Å². The number of nitrogens with zero attached hydrogens (tertiary/aromatic N) is 1. The van der Waals surface area contributed by atoms with E-state index in [1.165, 1.54) is 0 Å². The fourth-order valence-corrected chi connectivity index (χ4v) is 3.46. The maximum Gasteiger partial charge on any atom is 0.226 e. The maximum absolute atomic E-state index is 12.5. The van der Waals surface area contributed by atoms with Gasteiger partial charge in [-0.05, 0) is 30.4 Å². The van der Waals surface area contributed by atoms with Crippen molar-refractivity contribution >= 4 is 29.3 Å². The average molecular weight is 314 g/mol. The highest BCUT2D eigenvalue weighted by Crippen LogP contribution is 2.34. The second-order valence-electron chi connectivity index (χ2n) is 5.24. The second kappa shape index (κ2) is 6.83. The van der Waals surface area contributed by atoms with Crippen molar-refractivity contribution in [3.05, 3.63) is 34.9 Å². The van der Waals surface area contributed by atoms with E-state index in [0.29, 0.717) is 18.0 Å². The van der Waals surface area contributed by atoms with Crippen LogP contribution in [0.1, 0.15) is 24.9 Å². The van der Waals surface area contributed by atoms with Crippen LogP contribution in [0.15, 0.2) is 24.3 Å². The molecule has 1 unspecified atom stereocenters. The number of amides is 1. The standard InChI is InChI=1S/C15H20ClNO2S/c1-10(9-20-2)15(19)17-8-7-13(18)14(17)11-3-5-12(16)6-4-11/h3-6,10,13-14,18H,7-9H2,1-2H3/t10?,13-,14-/m1/s1. The zero-order valence-electron chi connectivity index (χ0n) is 11.8. The summed E-state index contributed by atoms with van der Waals surface area (Å²) in [5.41, 5.74) is 0.948. The van der Waals surface area contributed by atoms with Crippen LogP contribution in [0.5, 0.6) is 0 Å². The summed E-state index contributed by atoms with van der Waals surface area (Å²) in [6.07, 6.45) is 2.13. The number of aliphatic hydroxyl groups is 1. The minimum Gasteiger partial charge on any atom is -0.391 e. The Morgan fingerprint density at radius 3 is 2.75 bits per heavy atom. The van der Waals surface area contributed by atoms with E-state index in [2.05, 4.69) is 0 Å². The summed E-state index contributed by atoms with van der Waals surface area (Å²) >= 11 is 7.57. The van der Waals surface area contributed by atoms with Gasteiger partial charge in [-0.1, -0.05) is 30.7 Å². The van der Waals surface area contributed by atoms with E-state index in [4.69, 9.17) is 11.6 Å². The number of hydrogen-bond donors (Lipinski definition) is 1. The predicted molar refractivity (Wildman–Crippen MR) is 84.1 cm³/mol. The van der Waals surface area contributed by atoms with Crippen molar-refractivity contribution in [1.82, 2.24) is 4.90 Å². The molecular formula is C15H20ClNO2S. The lowest BCUT2D eigenvalue weighted by Gasteiger charge is -2.29. The molecule has 1 N–H and O–H groups in total. The highest BCUT2D eigenvalue weighted by Gasteiger charge is 2.38. The van der Waals surface area contributed by atoms with Gasteiger partial charge < -0.3 is 10.0 Å². The summed E-state index contributed by atoms with van der Waals surface area (Å²) in [6, 6.07) is 7.14. The van der Waals surface area contributed by atoms with Gasteiger partial charge in [0.05, 0.1) is 12.1 Å². The van der Waals surface area contributed by atoms with Crippen LogP contribution in [-0.4, -0.2) is 40.6 Å². The number of thioether (sulfide) groups is 1. The first-order valence-electron chi connectivity index (χ1n) is 6.77. The third kappa shape index (κ3) is 3.30. The van der Waals surface area contributed by atoms with Crippen LogP contribution < -0.4 is 0 Å². The maximum atomic E-state index is 12.5. The molecule has 1 heterocycles. The Morgan fingerprint density at radius 1 is 1.50 bits per heavy atom. The molecule has 0 saturated carbocycles. The van der Waals surface area contributed by atoms with Crippen molar-refractivity contribution in [2.24, 2.45) is 5.92 Å². The number of aliphatic hydroxyl groups excluding tert-OH is 1. The Hall–Kier alpha value is -0.710. The molecule has 0 radical (unpaired) electrons. The SMILES string of the molecule is CSCC(C)C(=O)N1CC[C@@H](O)[C@H]1c1ccc(Cl)cc1. The molecule has 0 bridgehead atoms. The third-order valence-electron chi connectivity index (χ3n) is 3.70. The van der Waals surface area contributed by atoms with Crippen LogP contribution in [-0.2, 0) is 4.79 Å². The van der Waals surface area contributed by atoms with Crippen LogP contribution in [0.25, 0.3) is 0 Å². The fourth-order valence-electron chi connectivity index (χ4n) is 2.69. The first-order chi connectivity index (χ1) is 9.54. The van der Waals surface area contributed by atoms with Gasteiger partial charge in [-0.2, -0.15) is 11.8 Å². The first-order valence-corrected chi connectivity index (χ1v) is 8.54. The van der Waals surface area contributed by atoms with Crippen molar-refractivity contribution in [2.45, 2.75) is 25.5 Å². The molecule has 1 aromatic carbocycles. The zero-order chi connectivity index (χ0) is 14.7. The predicted octanol–water partition coefficient (Wildman–Crippen LogP) is 2.97. The Morgan fingerprint density at radius 2 is 2.15 bits per heavy atom. The van der Waals surface area contributed by atoms with Crippen molar-refractivity contribution in [2.75, 3.05) is 18.6 Å². The molecule has 0 spiro atoms. The van der Waals surface area contributed by atoms with Gasteiger partial charge in [-0.15, -0.1) is 0 Å².